The summed E-state index contributed by atoms with van der Waals surface area (Å²) in [4.78, 5) is 31.1. The molecule has 1 rings (SSSR count). The third-order valence-corrected chi connectivity index (χ3v) is 1.52. The van der Waals surface area contributed by atoms with E-state index < -0.39 is 29.9 Å². The van der Waals surface area contributed by atoms with Crippen molar-refractivity contribution in [1.82, 2.24) is 0 Å². The van der Waals surface area contributed by atoms with E-state index >= 15 is 0 Å². The van der Waals surface area contributed by atoms with Crippen molar-refractivity contribution in [2.75, 3.05) is 0 Å². The van der Waals surface area contributed by atoms with Crippen LogP contribution in [0.25, 0.3) is 0 Å². The summed E-state index contributed by atoms with van der Waals surface area (Å²) in [6.45, 7) is 0. The monoisotopic (exact) mass is 184 g/mol. The zero-order valence-corrected chi connectivity index (χ0v) is 6.31. The minimum absolute atomic E-state index is 0.832. The first-order valence-electron chi connectivity index (χ1n) is 3.30. The van der Waals surface area contributed by atoms with E-state index in [0.29, 0.717) is 0 Å². The van der Waals surface area contributed by atoms with Crippen molar-refractivity contribution in [2.45, 2.75) is 12.0 Å². The Morgan fingerprint density at radius 1 is 1.46 bits per heavy atom. The maximum Gasteiger partial charge on any atom is 0.331 e. The van der Waals surface area contributed by atoms with Crippen molar-refractivity contribution in [3.05, 3.63) is 12.2 Å². The van der Waals surface area contributed by atoms with Gasteiger partial charge in [-0.1, -0.05) is 0 Å². The van der Waals surface area contributed by atoms with Crippen LogP contribution < -0.4 is 10.2 Å². The molecule has 1 heterocycles. The molecular formula is C7H4O6-2. The van der Waals surface area contributed by atoms with Crippen molar-refractivity contribution < 1.29 is 29.3 Å². The molecule has 0 aliphatic carbocycles. The van der Waals surface area contributed by atoms with Crippen LogP contribution in [0.2, 0.25) is 0 Å². The summed E-state index contributed by atoms with van der Waals surface area (Å²) in [5.74, 6) is -4.33. The van der Waals surface area contributed by atoms with Gasteiger partial charge in [-0.05, 0) is 6.08 Å². The third-order valence-electron chi connectivity index (χ3n) is 1.52. The Morgan fingerprint density at radius 2 is 2.08 bits per heavy atom. The molecule has 1 aliphatic heterocycles. The highest BCUT2D eigenvalue weighted by atomic mass is 16.6. The molecule has 13 heavy (non-hydrogen) atoms. The number of esters is 1. The smallest absolute Gasteiger partial charge is 0.331 e. The van der Waals surface area contributed by atoms with E-state index in [4.69, 9.17) is 0 Å². The Bertz CT molecular complexity index is 304. The van der Waals surface area contributed by atoms with E-state index in [1.54, 1.807) is 0 Å². The highest BCUT2D eigenvalue weighted by Gasteiger charge is 2.37. The molecule has 0 aromatic heterocycles. The van der Waals surface area contributed by atoms with Gasteiger partial charge in [0, 0.05) is 18.5 Å². The number of aliphatic carboxylic acids is 2. The molecule has 0 aromatic carbocycles. The van der Waals surface area contributed by atoms with Crippen LogP contribution in [0.15, 0.2) is 12.2 Å². The first-order chi connectivity index (χ1) is 5.96. The summed E-state index contributed by atoms with van der Waals surface area (Å²) in [5.41, 5.74) is -2.20. The third kappa shape index (κ3) is 1.66. The molecule has 6 heteroatoms. The van der Waals surface area contributed by atoms with Gasteiger partial charge in [0.1, 0.15) is 0 Å². The summed E-state index contributed by atoms with van der Waals surface area (Å²) >= 11 is 0. The second-order valence-corrected chi connectivity index (χ2v) is 2.48. The fraction of sp³-hybridized carbons (Fsp3) is 0.286. The van der Waals surface area contributed by atoms with Crippen LogP contribution in [0.1, 0.15) is 6.42 Å². The van der Waals surface area contributed by atoms with E-state index in [-0.39, 0.29) is 0 Å². The molecule has 0 aromatic rings. The molecule has 70 valence electrons. The van der Waals surface area contributed by atoms with Crippen LogP contribution in [-0.2, 0) is 19.1 Å². The van der Waals surface area contributed by atoms with Gasteiger partial charge in [0.05, 0.1) is 5.97 Å². The Kier molecular flexibility index (Phi) is 2.05. The van der Waals surface area contributed by atoms with Crippen molar-refractivity contribution in [3.8, 4) is 0 Å². The molecule has 0 N–H and O–H groups in total. The van der Waals surface area contributed by atoms with E-state index in [1.807, 2.05) is 0 Å². The second-order valence-electron chi connectivity index (χ2n) is 2.48. The number of cyclic esters (lactones) is 1. The number of hydrogen-bond acceptors (Lipinski definition) is 6. The van der Waals surface area contributed by atoms with Crippen LogP contribution in [0.4, 0.5) is 0 Å². The summed E-state index contributed by atoms with van der Waals surface area (Å²) < 4.78 is 4.29. The van der Waals surface area contributed by atoms with Crippen LogP contribution in [0, 0.1) is 0 Å². The van der Waals surface area contributed by atoms with Crippen LogP contribution in [0.3, 0.4) is 0 Å². The highest BCUT2D eigenvalue weighted by molar-refractivity contribution is 5.95. The number of carbonyl (C=O) groups is 3. The Labute approximate surface area is 72.4 Å². The lowest BCUT2D eigenvalue weighted by Gasteiger charge is -2.27. The van der Waals surface area contributed by atoms with Crippen molar-refractivity contribution in [3.63, 3.8) is 0 Å². The lowest BCUT2D eigenvalue weighted by atomic mass is 10.0. The predicted molar refractivity (Wildman–Crippen MR) is 32.6 cm³/mol. The van der Waals surface area contributed by atoms with Gasteiger partial charge < -0.3 is 24.5 Å². The zero-order valence-electron chi connectivity index (χ0n) is 6.31. The minimum atomic E-state index is -2.20. The molecule has 0 saturated carbocycles. The number of carboxylic acids is 2. The minimum Gasteiger partial charge on any atom is -0.550 e. The Morgan fingerprint density at radius 3 is 2.38 bits per heavy atom. The molecule has 6 nitrogen and oxygen atoms in total. The van der Waals surface area contributed by atoms with Crippen LogP contribution in [-0.4, -0.2) is 23.5 Å². The highest BCUT2D eigenvalue weighted by Crippen LogP contribution is 2.22. The molecule has 0 unspecified atom stereocenters. The van der Waals surface area contributed by atoms with Gasteiger partial charge in [0.2, 0.25) is 0 Å². The summed E-state index contributed by atoms with van der Waals surface area (Å²) in [7, 11) is 0. The molecule has 0 amide bonds. The summed E-state index contributed by atoms with van der Waals surface area (Å²) in [5, 5.41) is 20.6. The molecule has 0 saturated heterocycles. The van der Waals surface area contributed by atoms with E-state index in [0.717, 1.165) is 12.2 Å². The lowest BCUT2D eigenvalue weighted by molar-refractivity contribution is -0.329. The summed E-state index contributed by atoms with van der Waals surface area (Å²) in [6.07, 6.45) is 0.719. The van der Waals surface area contributed by atoms with E-state index in [2.05, 4.69) is 4.74 Å². The van der Waals surface area contributed by atoms with Crippen LogP contribution >= 0.6 is 0 Å². The predicted octanol–water partition coefficient (Wildman–Crippen LogP) is -3.27. The van der Waals surface area contributed by atoms with Gasteiger partial charge in [0.15, 0.2) is 5.60 Å². The standard InChI is InChI=1S/C7H6O6/c8-4(9)3-7(6(11)12)2-1-5(10)13-7/h1-2H,3H2,(H,8,9)(H,11,12)/p-2/t7-/m0/s1. The van der Waals surface area contributed by atoms with Gasteiger partial charge >= 0.3 is 5.97 Å². The molecule has 0 radical (unpaired) electrons. The van der Waals surface area contributed by atoms with Gasteiger partial charge in [-0.15, -0.1) is 0 Å². The van der Waals surface area contributed by atoms with Gasteiger partial charge in [0.25, 0.3) is 0 Å². The normalized spacial score (nSPS) is 25.7. The number of carboxylic acid groups (broad SMARTS) is 2. The maximum absolute atomic E-state index is 10.5. The molecule has 1 aliphatic rings. The zero-order chi connectivity index (χ0) is 10.1. The van der Waals surface area contributed by atoms with Crippen molar-refractivity contribution in [1.29, 1.82) is 0 Å². The number of ether oxygens (including phenoxy) is 1. The molecule has 1 atom stereocenters. The second kappa shape index (κ2) is 2.89. The molecule has 0 bridgehead atoms. The SMILES string of the molecule is O=C([O-])C[C@]1(C(=O)[O-])C=CC(=O)O1. The first kappa shape index (κ1) is 9.24. The number of hydrogen-bond donors (Lipinski definition) is 0. The largest absolute Gasteiger partial charge is 0.550 e. The van der Waals surface area contributed by atoms with Crippen LogP contribution in [0.5, 0.6) is 0 Å². The first-order valence-corrected chi connectivity index (χ1v) is 3.30. The Hall–Kier alpha value is -1.85. The maximum atomic E-state index is 10.5. The number of carbonyl (C=O) groups excluding carboxylic acids is 3. The lowest BCUT2D eigenvalue weighted by Crippen LogP contribution is -2.51. The number of rotatable bonds is 3. The van der Waals surface area contributed by atoms with Gasteiger partial charge in [-0.3, -0.25) is 0 Å². The van der Waals surface area contributed by atoms with Crippen molar-refractivity contribution >= 4 is 17.9 Å². The van der Waals surface area contributed by atoms with E-state index in [1.165, 1.54) is 0 Å². The average Bonchev–Trinajstić information content (AvgIpc) is 2.31. The van der Waals surface area contributed by atoms with E-state index in [9.17, 15) is 24.6 Å². The average molecular weight is 184 g/mol. The molecule has 0 fully saturated rings. The Balaban J connectivity index is 2.91. The molecular weight excluding hydrogens is 180 g/mol. The fourth-order valence-electron chi connectivity index (χ4n) is 0.942. The van der Waals surface area contributed by atoms with Crippen molar-refractivity contribution in [2.24, 2.45) is 0 Å². The fourth-order valence-corrected chi connectivity index (χ4v) is 0.942. The van der Waals surface area contributed by atoms with Gasteiger partial charge in [-0.2, -0.15) is 0 Å². The molecule has 0 spiro atoms. The quantitative estimate of drug-likeness (QED) is 0.426. The van der Waals surface area contributed by atoms with Gasteiger partial charge in [-0.25, -0.2) is 4.79 Å². The summed E-state index contributed by atoms with van der Waals surface area (Å²) in [6, 6.07) is 0. The topological polar surface area (TPSA) is 107 Å².